The second kappa shape index (κ2) is 8.58. The highest BCUT2D eigenvalue weighted by atomic mass is 19.4. The number of carbonyl (C=O) groups is 2. The molecule has 178 valence electrons. The number of carbonyl (C=O) groups excluding carboxylic acids is 2. The van der Waals surface area contributed by atoms with Crippen molar-refractivity contribution >= 4 is 17.5 Å². The zero-order chi connectivity index (χ0) is 24.7. The first-order valence-corrected chi connectivity index (χ1v) is 9.65. The van der Waals surface area contributed by atoms with Crippen molar-refractivity contribution in [2.75, 3.05) is 12.4 Å². The predicted molar refractivity (Wildman–Crippen MR) is 106 cm³/mol. The van der Waals surface area contributed by atoms with E-state index >= 15 is 0 Å². The lowest BCUT2D eigenvalue weighted by atomic mass is 9.77. The Labute approximate surface area is 185 Å². The molecule has 33 heavy (non-hydrogen) atoms. The van der Waals surface area contributed by atoms with Crippen molar-refractivity contribution < 1.29 is 41.0 Å². The van der Waals surface area contributed by atoms with Crippen LogP contribution >= 0.6 is 0 Å². The molecule has 2 heterocycles. The van der Waals surface area contributed by atoms with Crippen molar-refractivity contribution in [1.29, 1.82) is 0 Å². The number of pyridine rings is 1. The van der Waals surface area contributed by atoms with E-state index in [0.29, 0.717) is 0 Å². The number of nitrogens with zero attached hydrogens (tertiary/aromatic N) is 1. The molecule has 1 aliphatic rings. The quantitative estimate of drug-likeness (QED) is 0.647. The van der Waals surface area contributed by atoms with Crippen molar-refractivity contribution in [2.24, 2.45) is 11.7 Å². The van der Waals surface area contributed by atoms with E-state index in [1.165, 1.54) is 19.2 Å². The number of ether oxygens (including phenoxy) is 2. The number of hydrogen-bond donors (Lipinski definition) is 2. The summed E-state index contributed by atoms with van der Waals surface area (Å²) in [5, 5.41) is 2.36. The third-order valence-electron chi connectivity index (χ3n) is 5.85. The number of aromatic nitrogens is 1. The molecule has 1 fully saturated rings. The van der Waals surface area contributed by atoms with Gasteiger partial charge in [-0.05, 0) is 25.1 Å². The molecule has 2 amide bonds. The summed E-state index contributed by atoms with van der Waals surface area (Å²) in [5.41, 5.74) is 2.04. The summed E-state index contributed by atoms with van der Waals surface area (Å²) in [5.74, 6) is -7.94. The van der Waals surface area contributed by atoms with Gasteiger partial charge in [-0.25, -0.2) is 4.39 Å². The van der Waals surface area contributed by atoms with Gasteiger partial charge in [0.2, 0.25) is 5.82 Å². The molecule has 1 aromatic heterocycles. The van der Waals surface area contributed by atoms with Crippen LogP contribution in [-0.2, 0) is 9.53 Å². The van der Waals surface area contributed by atoms with Crippen LogP contribution in [0.4, 0.5) is 27.6 Å². The predicted octanol–water partition coefficient (Wildman–Crippen LogP) is 3.55. The van der Waals surface area contributed by atoms with E-state index in [1.54, 1.807) is 0 Å². The summed E-state index contributed by atoms with van der Waals surface area (Å²) in [6.07, 6.45) is -5.49. The van der Waals surface area contributed by atoms with Crippen LogP contribution in [0, 0.1) is 17.6 Å². The number of benzene rings is 1. The molecule has 1 saturated heterocycles. The third-order valence-corrected chi connectivity index (χ3v) is 5.85. The van der Waals surface area contributed by atoms with Gasteiger partial charge in [-0.15, -0.1) is 0 Å². The zero-order valence-electron chi connectivity index (χ0n) is 17.7. The maximum atomic E-state index is 14.4. The van der Waals surface area contributed by atoms with E-state index in [4.69, 9.17) is 15.2 Å². The Bertz CT molecular complexity index is 1090. The number of alkyl halides is 3. The van der Waals surface area contributed by atoms with E-state index in [-0.39, 0.29) is 16.9 Å². The fraction of sp³-hybridized carbons (Fsp3) is 0.381. The van der Waals surface area contributed by atoms with Crippen molar-refractivity contribution in [3.63, 3.8) is 0 Å². The molecular formula is C21H20F5N3O4. The maximum absolute atomic E-state index is 14.4. The Kier molecular flexibility index (Phi) is 6.33. The minimum absolute atomic E-state index is 0.0247. The number of amides is 2. The third kappa shape index (κ3) is 4.22. The number of hydrogen-bond acceptors (Lipinski definition) is 5. The van der Waals surface area contributed by atoms with Gasteiger partial charge < -0.3 is 20.5 Å². The van der Waals surface area contributed by atoms with Crippen molar-refractivity contribution in [2.45, 2.75) is 37.6 Å². The molecule has 3 rings (SSSR count). The molecule has 1 aromatic carbocycles. The number of anilines is 1. The molecule has 0 radical (unpaired) electrons. The summed E-state index contributed by atoms with van der Waals surface area (Å²) < 4.78 is 80.1. The van der Waals surface area contributed by atoms with Gasteiger partial charge in [0.15, 0.2) is 17.2 Å². The van der Waals surface area contributed by atoms with Crippen molar-refractivity contribution in [1.82, 2.24) is 4.98 Å². The molecule has 0 bridgehead atoms. The topological polar surface area (TPSA) is 104 Å². The number of rotatable bonds is 5. The lowest BCUT2D eigenvalue weighted by Gasteiger charge is -2.32. The number of primary amides is 1. The van der Waals surface area contributed by atoms with E-state index in [2.05, 4.69) is 10.3 Å². The molecule has 7 nitrogen and oxygen atoms in total. The first-order valence-electron chi connectivity index (χ1n) is 9.65. The number of halogens is 5. The van der Waals surface area contributed by atoms with Crippen molar-refractivity contribution in [3.05, 3.63) is 53.4 Å². The normalized spacial score (nSPS) is 25.0. The number of nitrogens with one attached hydrogen (secondary N) is 1. The molecule has 12 heteroatoms. The summed E-state index contributed by atoms with van der Waals surface area (Å²) in [7, 11) is 1.03. The van der Waals surface area contributed by atoms with Crippen LogP contribution in [0.1, 0.15) is 35.8 Å². The fourth-order valence-corrected chi connectivity index (χ4v) is 3.90. The molecule has 0 unspecified atom stereocenters. The maximum Gasteiger partial charge on any atom is 0.417 e. The SMILES string of the molecule is COc1c([C@H]2[C@@H](C(=O)Nc3ccnc(C(N)=O)c3)O[C@@](C)(C(F)(F)F)[C@@H]2C)ccc(F)c1F. The largest absolute Gasteiger partial charge is 0.493 e. The molecule has 2 aromatic rings. The molecule has 1 aliphatic heterocycles. The van der Waals surface area contributed by atoms with E-state index in [0.717, 1.165) is 32.2 Å². The van der Waals surface area contributed by atoms with E-state index in [9.17, 15) is 31.5 Å². The van der Waals surface area contributed by atoms with E-state index in [1.807, 2.05) is 0 Å². The Morgan fingerprint density at radius 1 is 1.24 bits per heavy atom. The average molecular weight is 473 g/mol. The van der Waals surface area contributed by atoms with Crippen LogP contribution in [0.25, 0.3) is 0 Å². The molecule has 3 N–H and O–H groups in total. The molecule has 0 spiro atoms. The number of methoxy groups -OCH3 is 1. The van der Waals surface area contributed by atoms with Crippen molar-refractivity contribution in [3.8, 4) is 5.75 Å². The van der Waals surface area contributed by atoms with Crippen LogP contribution in [0.15, 0.2) is 30.5 Å². The van der Waals surface area contributed by atoms with Gasteiger partial charge in [-0.3, -0.25) is 14.6 Å². The van der Waals surface area contributed by atoms with Gasteiger partial charge in [0.1, 0.15) is 11.8 Å². The standard InChI is InChI=1S/C21H20F5N3O4/c1-9-14(11-4-5-12(22)15(23)16(11)32-3)17(33-20(9,2)21(24,25)26)19(31)29-10-6-7-28-13(8-10)18(27)30/h4-9,14,17H,1-3H3,(H2,27,30)(H,28,29,31)/t9-,14+,17+,20-/m1/s1. The van der Waals surface area contributed by atoms with Crippen LogP contribution in [0.2, 0.25) is 0 Å². The molecule has 0 saturated carbocycles. The molecule has 0 aliphatic carbocycles. The van der Waals surface area contributed by atoms with Gasteiger partial charge in [-0.1, -0.05) is 13.0 Å². The molecular weight excluding hydrogens is 453 g/mol. The Balaban J connectivity index is 2.07. The summed E-state index contributed by atoms with van der Waals surface area (Å²) >= 11 is 0. The molecule has 4 atom stereocenters. The summed E-state index contributed by atoms with van der Waals surface area (Å²) in [6, 6.07) is 4.22. The minimum atomic E-state index is -4.89. The minimum Gasteiger partial charge on any atom is -0.493 e. The van der Waals surface area contributed by atoms with Gasteiger partial charge >= 0.3 is 6.18 Å². The van der Waals surface area contributed by atoms with E-state index < -0.39 is 58.9 Å². The lowest BCUT2D eigenvalue weighted by molar-refractivity contribution is -0.272. The van der Waals surface area contributed by atoms with Gasteiger partial charge in [-0.2, -0.15) is 17.6 Å². The van der Waals surface area contributed by atoms with Gasteiger partial charge in [0, 0.05) is 29.3 Å². The zero-order valence-corrected chi connectivity index (χ0v) is 17.7. The lowest BCUT2D eigenvalue weighted by Crippen LogP contribution is -2.47. The monoisotopic (exact) mass is 473 g/mol. The van der Waals surface area contributed by atoms with Gasteiger partial charge in [0.25, 0.3) is 11.8 Å². The highest BCUT2D eigenvalue weighted by Crippen LogP contribution is 2.55. The smallest absolute Gasteiger partial charge is 0.417 e. The van der Waals surface area contributed by atoms with Crippen LogP contribution in [0.5, 0.6) is 5.75 Å². The first-order chi connectivity index (χ1) is 15.3. The highest BCUT2D eigenvalue weighted by molar-refractivity contribution is 5.97. The summed E-state index contributed by atoms with van der Waals surface area (Å²) in [4.78, 5) is 28.1. The fourth-order valence-electron chi connectivity index (χ4n) is 3.90. The van der Waals surface area contributed by atoms with Crippen LogP contribution < -0.4 is 15.8 Å². The second-order valence-corrected chi connectivity index (χ2v) is 7.72. The second-order valence-electron chi connectivity index (χ2n) is 7.72. The van der Waals surface area contributed by atoms with Crippen LogP contribution in [0.3, 0.4) is 0 Å². The first kappa shape index (κ1) is 24.4. The van der Waals surface area contributed by atoms with Crippen LogP contribution in [-0.4, -0.2) is 41.8 Å². The van der Waals surface area contributed by atoms with Gasteiger partial charge in [0.05, 0.1) is 7.11 Å². The highest BCUT2D eigenvalue weighted by Gasteiger charge is 2.65. The summed E-state index contributed by atoms with van der Waals surface area (Å²) in [6.45, 7) is 1.98. The Morgan fingerprint density at radius 2 is 1.91 bits per heavy atom. The Hall–Kier alpha value is -3.28. The average Bonchev–Trinajstić information content (AvgIpc) is 3.02. The number of nitrogens with two attached hydrogens (primary N) is 1. The Morgan fingerprint density at radius 3 is 2.48 bits per heavy atom.